The lowest BCUT2D eigenvalue weighted by molar-refractivity contribution is -0.127. The number of carbonyl (C=O) groups excluding carboxylic acids is 1. The Morgan fingerprint density at radius 3 is 2.73 bits per heavy atom. The average molecular weight is 372 g/mol. The second kappa shape index (κ2) is 7.29. The van der Waals surface area contributed by atoms with Crippen LogP contribution in [0.2, 0.25) is 5.02 Å². The maximum atomic E-state index is 12.7. The highest BCUT2D eigenvalue weighted by Gasteiger charge is 2.36. The molecule has 1 saturated heterocycles. The van der Waals surface area contributed by atoms with Gasteiger partial charge in [0.25, 0.3) is 5.91 Å². The van der Waals surface area contributed by atoms with E-state index in [1.807, 2.05) is 42.5 Å². The predicted molar refractivity (Wildman–Crippen MR) is 101 cm³/mol. The highest BCUT2D eigenvalue weighted by atomic mass is 35.5. The quantitative estimate of drug-likeness (QED) is 0.894. The maximum absolute atomic E-state index is 12.7. The van der Waals surface area contributed by atoms with Crippen molar-refractivity contribution in [1.29, 1.82) is 0 Å². The van der Waals surface area contributed by atoms with E-state index in [0.29, 0.717) is 31.2 Å². The second-order valence-electron chi connectivity index (χ2n) is 7.04. The molecule has 2 aliphatic rings. The van der Waals surface area contributed by atoms with Gasteiger partial charge in [-0.15, -0.1) is 0 Å². The summed E-state index contributed by atoms with van der Waals surface area (Å²) >= 11 is 6.21. The molecule has 2 heterocycles. The van der Waals surface area contributed by atoms with Crippen LogP contribution in [0.25, 0.3) is 0 Å². The lowest BCUT2D eigenvalue weighted by Crippen LogP contribution is -2.47. The van der Waals surface area contributed by atoms with Gasteiger partial charge < -0.3 is 14.8 Å². The molecule has 1 N–H and O–H groups in total. The molecule has 4 rings (SSSR count). The topological polar surface area (TPSA) is 47.6 Å². The molecular formula is C21H22ClNO3. The van der Waals surface area contributed by atoms with Crippen LogP contribution in [-0.2, 0) is 21.4 Å². The molecule has 0 saturated carbocycles. The number of hydrogen-bond acceptors (Lipinski definition) is 3. The number of halogens is 1. The van der Waals surface area contributed by atoms with Gasteiger partial charge in [-0.3, -0.25) is 4.79 Å². The summed E-state index contributed by atoms with van der Waals surface area (Å²) in [5, 5.41) is 3.84. The van der Waals surface area contributed by atoms with Crippen LogP contribution in [-0.4, -0.2) is 31.8 Å². The monoisotopic (exact) mass is 371 g/mol. The van der Waals surface area contributed by atoms with Crippen molar-refractivity contribution in [2.45, 2.75) is 30.8 Å². The highest BCUT2D eigenvalue weighted by Crippen LogP contribution is 2.35. The third-order valence-electron chi connectivity index (χ3n) is 5.43. The van der Waals surface area contributed by atoms with Crippen LogP contribution in [0.15, 0.2) is 48.5 Å². The van der Waals surface area contributed by atoms with E-state index in [9.17, 15) is 4.79 Å². The van der Waals surface area contributed by atoms with E-state index < -0.39 is 6.10 Å². The first-order valence-electron chi connectivity index (χ1n) is 9.02. The number of nitrogens with one attached hydrogen (secondary N) is 1. The van der Waals surface area contributed by atoms with Crippen LogP contribution in [0.4, 0.5) is 0 Å². The fourth-order valence-corrected chi connectivity index (χ4v) is 4.04. The van der Waals surface area contributed by atoms with Gasteiger partial charge in [0, 0.05) is 36.6 Å². The number of fused-ring (bicyclic) bond motifs is 1. The van der Waals surface area contributed by atoms with Crippen molar-refractivity contribution in [3.05, 3.63) is 64.7 Å². The third-order valence-corrected chi connectivity index (χ3v) is 5.66. The Kier molecular flexibility index (Phi) is 4.88. The Labute approximate surface area is 158 Å². The summed E-state index contributed by atoms with van der Waals surface area (Å²) in [6.07, 6.45) is 1.89. The zero-order chi connectivity index (χ0) is 18.0. The van der Waals surface area contributed by atoms with Crippen LogP contribution in [0.3, 0.4) is 0 Å². The lowest BCUT2D eigenvalue weighted by Gasteiger charge is -2.38. The molecule has 26 heavy (non-hydrogen) atoms. The molecule has 2 aromatic rings. The van der Waals surface area contributed by atoms with E-state index in [0.717, 1.165) is 29.7 Å². The minimum absolute atomic E-state index is 0.0610. The van der Waals surface area contributed by atoms with Crippen LogP contribution < -0.4 is 10.1 Å². The molecule has 1 unspecified atom stereocenters. The summed E-state index contributed by atoms with van der Waals surface area (Å²) in [6.45, 7) is 1.94. The first kappa shape index (κ1) is 17.4. The Balaban J connectivity index is 1.46. The Hall–Kier alpha value is -2.04. The minimum Gasteiger partial charge on any atom is -0.480 e. The predicted octanol–water partition coefficient (Wildman–Crippen LogP) is 3.51. The van der Waals surface area contributed by atoms with Crippen LogP contribution in [0.1, 0.15) is 24.0 Å². The molecule has 2 aromatic carbocycles. The summed E-state index contributed by atoms with van der Waals surface area (Å²) in [4.78, 5) is 12.7. The highest BCUT2D eigenvalue weighted by molar-refractivity contribution is 6.30. The van der Waals surface area contributed by atoms with Gasteiger partial charge in [-0.2, -0.15) is 0 Å². The summed E-state index contributed by atoms with van der Waals surface area (Å²) in [5.74, 6) is 0.748. The number of rotatable bonds is 4. The molecular weight excluding hydrogens is 350 g/mol. The van der Waals surface area contributed by atoms with Gasteiger partial charge in [-0.25, -0.2) is 0 Å². The van der Waals surface area contributed by atoms with Gasteiger partial charge in [-0.1, -0.05) is 41.9 Å². The Morgan fingerprint density at radius 2 is 1.96 bits per heavy atom. The standard InChI is InChI=1S/C21H22ClNO3/c22-17-6-3-5-16(13-17)21(8-10-25-11-9-21)14-23-20(24)19-12-15-4-1-2-7-18(15)26-19/h1-7,13,19H,8-12,14H2,(H,23,24). The summed E-state index contributed by atoms with van der Waals surface area (Å²) in [6, 6.07) is 15.7. The van der Waals surface area contributed by atoms with E-state index in [4.69, 9.17) is 21.1 Å². The molecule has 0 spiro atoms. The first-order chi connectivity index (χ1) is 12.7. The number of benzene rings is 2. The summed E-state index contributed by atoms with van der Waals surface area (Å²) in [5.41, 5.74) is 2.09. The van der Waals surface area contributed by atoms with Crippen molar-refractivity contribution in [2.24, 2.45) is 0 Å². The number of para-hydroxylation sites is 1. The average Bonchev–Trinajstić information content (AvgIpc) is 3.11. The van der Waals surface area contributed by atoms with Crippen LogP contribution >= 0.6 is 11.6 Å². The molecule has 1 fully saturated rings. The van der Waals surface area contributed by atoms with Gasteiger partial charge >= 0.3 is 0 Å². The van der Waals surface area contributed by atoms with Crippen LogP contribution in [0, 0.1) is 0 Å². The minimum atomic E-state index is -0.455. The summed E-state index contributed by atoms with van der Waals surface area (Å²) in [7, 11) is 0. The number of ether oxygens (including phenoxy) is 2. The Bertz CT molecular complexity index is 776. The molecule has 0 radical (unpaired) electrons. The molecule has 2 aliphatic heterocycles. The molecule has 1 atom stereocenters. The molecule has 4 nitrogen and oxygen atoms in total. The Morgan fingerprint density at radius 1 is 1.15 bits per heavy atom. The number of hydrogen-bond donors (Lipinski definition) is 1. The van der Waals surface area contributed by atoms with E-state index in [1.54, 1.807) is 0 Å². The van der Waals surface area contributed by atoms with E-state index in [2.05, 4.69) is 11.4 Å². The van der Waals surface area contributed by atoms with Gasteiger partial charge in [0.2, 0.25) is 0 Å². The third kappa shape index (κ3) is 3.44. The smallest absolute Gasteiger partial charge is 0.261 e. The van der Waals surface area contributed by atoms with Crippen molar-refractivity contribution in [3.63, 3.8) is 0 Å². The molecule has 0 aliphatic carbocycles. The van der Waals surface area contributed by atoms with E-state index in [1.165, 1.54) is 0 Å². The van der Waals surface area contributed by atoms with Crippen molar-refractivity contribution < 1.29 is 14.3 Å². The number of amides is 1. The largest absolute Gasteiger partial charge is 0.480 e. The van der Waals surface area contributed by atoms with Crippen molar-refractivity contribution in [3.8, 4) is 5.75 Å². The zero-order valence-electron chi connectivity index (χ0n) is 14.5. The van der Waals surface area contributed by atoms with Gasteiger partial charge in [0.05, 0.1) is 0 Å². The molecule has 0 aromatic heterocycles. The summed E-state index contributed by atoms with van der Waals surface area (Å²) < 4.78 is 11.4. The van der Waals surface area contributed by atoms with E-state index >= 15 is 0 Å². The van der Waals surface area contributed by atoms with Gasteiger partial charge in [-0.05, 0) is 42.2 Å². The van der Waals surface area contributed by atoms with Crippen LogP contribution in [0.5, 0.6) is 5.75 Å². The molecule has 136 valence electrons. The normalized spacial score (nSPS) is 20.9. The fraction of sp³-hybridized carbons (Fsp3) is 0.381. The van der Waals surface area contributed by atoms with Gasteiger partial charge in [0.1, 0.15) is 5.75 Å². The maximum Gasteiger partial charge on any atom is 0.261 e. The molecule has 5 heteroatoms. The molecule has 1 amide bonds. The second-order valence-corrected chi connectivity index (χ2v) is 7.48. The number of carbonyl (C=O) groups is 1. The van der Waals surface area contributed by atoms with Crippen molar-refractivity contribution in [1.82, 2.24) is 5.32 Å². The fourth-order valence-electron chi connectivity index (χ4n) is 3.85. The lowest BCUT2D eigenvalue weighted by atomic mass is 9.74. The van der Waals surface area contributed by atoms with E-state index in [-0.39, 0.29) is 11.3 Å². The van der Waals surface area contributed by atoms with Crippen molar-refractivity contribution >= 4 is 17.5 Å². The van der Waals surface area contributed by atoms with Gasteiger partial charge in [0.15, 0.2) is 6.10 Å². The van der Waals surface area contributed by atoms with Crippen molar-refractivity contribution in [2.75, 3.05) is 19.8 Å². The molecule has 0 bridgehead atoms. The first-order valence-corrected chi connectivity index (χ1v) is 9.40. The SMILES string of the molecule is O=C(NCC1(c2cccc(Cl)c2)CCOCC1)C1Cc2ccccc2O1. The zero-order valence-corrected chi connectivity index (χ0v) is 15.3.